The Morgan fingerprint density at radius 1 is 0.976 bits per heavy atom. The first-order valence-corrected chi connectivity index (χ1v) is 13.2. The lowest BCUT2D eigenvalue weighted by atomic mass is 9.83. The van der Waals surface area contributed by atoms with Gasteiger partial charge in [0.2, 0.25) is 11.6 Å². The summed E-state index contributed by atoms with van der Waals surface area (Å²) in [5.41, 5.74) is 11.1. The molecule has 5 aromatic rings. The van der Waals surface area contributed by atoms with Crippen LogP contribution < -0.4 is 19.9 Å². The van der Waals surface area contributed by atoms with Gasteiger partial charge in [0.05, 0.1) is 5.92 Å². The summed E-state index contributed by atoms with van der Waals surface area (Å²) in [6, 6.07) is 26.3. The number of esters is 1. The fourth-order valence-electron chi connectivity index (χ4n) is 5.03. The second kappa shape index (κ2) is 10.8. The lowest BCUT2D eigenvalue weighted by Gasteiger charge is -2.26. The summed E-state index contributed by atoms with van der Waals surface area (Å²) in [7, 11) is 0. The number of halogens is 1. The zero-order valence-electron chi connectivity index (χ0n) is 22.8. The maximum absolute atomic E-state index is 13.2. The molecule has 1 aliphatic rings. The average molecular weight is 561 g/mol. The van der Waals surface area contributed by atoms with Crippen LogP contribution in [0.2, 0.25) is 0 Å². The monoisotopic (exact) mass is 560 g/mol. The third kappa shape index (κ3) is 5.04. The summed E-state index contributed by atoms with van der Waals surface area (Å²) < 4.78 is 36.2. The number of nitrogens with zero attached hydrogens (tertiary/aromatic N) is 1. The third-order valence-corrected chi connectivity index (χ3v) is 7.21. The second-order valence-corrected chi connectivity index (χ2v) is 10.1. The Morgan fingerprint density at radius 3 is 2.45 bits per heavy atom. The van der Waals surface area contributed by atoms with Crippen LogP contribution >= 0.6 is 0 Å². The summed E-state index contributed by atoms with van der Waals surface area (Å²) in [5.74, 6) is -0.117. The van der Waals surface area contributed by atoms with Crippen LogP contribution in [0.25, 0.3) is 11.0 Å². The van der Waals surface area contributed by atoms with Crippen molar-refractivity contribution in [3.63, 3.8) is 0 Å². The predicted octanol–water partition coefficient (Wildman–Crippen LogP) is 7.21. The van der Waals surface area contributed by atoms with Gasteiger partial charge in [-0.15, -0.1) is 0 Å². The largest absolute Gasteiger partial charge is 0.489 e. The molecule has 0 bridgehead atoms. The van der Waals surface area contributed by atoms with E-state index in [0.29, 0.717) is 28.2 Å². The SMILES string of the molecule is Cc1ccc2c(C)c(C(=O)Oc3ccc4c(c3)OC(N)=C(C#N)C4c3ccc(OCc4ccc(F)cc4)cc3)oc2c1. The molecule has 7 nitrogen and oxygen atoms in total. The molecule has 0 aliphatic carbocycles. The number of rotatable bonds is 6. The zero-order valence-corrected chi connectivity index (χ0v) is 22.8. The number of allylic oxidation sites excluding steroid dienone is 1. The first-order chi connectivity index (χ1) is 20.3. The van der Waals surface area contributed by atoms with Crippen LogP contribution in [0.5, 0.6) is 17.2 Å². The van der Waals surface area contributed by atoms with Gasteiger partial charge in [0.15, 0.2) is 0 Å². The molecule has 0 fully saturated rings. The molecule has 6 rings (SSSR count). The summed E-state index contributed by atoms with van der Waals surface area (Å²) in [4.78, 5) is 13.0. The summed E-state index contributed by atoms with van der Waals surface area (Å²) in [5, 5.41) is 10.8. The van der Waals surface area contributed by atoms with Crippen LogP contribution in [-0.4, -0.2) is 5.97 Å². The number of ether oxygens (including phenoxy) is 3. The highest BCUT2D eigenvalue weighted by Gasteiger charge is 2.31. The molecule has 0 saturated carbocycles. The topological polar surface area (TPSA) is 108 Å². The van der Waals surface area contributed by atoms with Gasteiger partial charge in [-0.05, 0) is 66.9 Å². The molecule has 4 aromatic carbocycles. The third-order valence-electron chi connectivity index (χ3n) is 7.21. The Balaban J connectivity index is 1.24. The highest BCUT2D eigenvalue weighted by Crippen LogP contribution is 2.44. The lowest BCUT2D eigenvalue weighted by Crippen LogP contribution is -2.21. The number of nitrogens with two attached hydrogens (primary N) is 1. The maximum Gasteiger partial charge on any atom is 0.379 e. The van der Waals surface area contributed by atoms with Gasteiger partial charge in [0.25, 0.3) is 0 Å². The van der Waals surface area contributed by atoms with Gasteiger partial charge in [-0.1, -0.05) is 42.5 Å². The lowest BCUT2D eigenvalue weighted by molar-refractivity contribution is 0.0702. The minimum atomic E-state index is -0.633. The van der Waals surface area contributed by atoms with Gasteiger partial charge in [0, 0.05) is 22.6 Å². The Labute approximate surface area is 241 Å². The standard InChI is InChI=1S/C34H25FN2O5/c1-19-3-13-26-20(2)32(41-29(26)15-19)34(38)40-25-12-14-27-30(16-25)42-33(37)28(17-36)31(27)22-6-10-24(11-7-22)39-18-21-4-8-23(35)9-5-21/h3-16,31H,18,37H2,1-2H3. The molecule has 42 heavy (non-hydrogen) atoms. The fourth-order valence-corrected chi connectivity index (χ4v) is 5.03. The summed E-state index contributed by atoms with van der Waals surface area (Å²) >= 11 is 0. The van der Waals surface area contributed by atoms with Gasteiger partial charge in [-0.2, -0.15) is 5.26 Å². The normalized spacial score (nSPS) is 14.2. The molecule has 2 heterocycles. The number of furan rings is 1. The Hall–Kier alpha value is -5.55. The molecule has 2 N–H and O–H groups in total. The number of aryl methyl sites for hydroxylation is 2. The summed E-state index contributed by atoms with van der Waals surface area (Å²) in [6.07, 6.45) is 0. The smallest absolute Gasteiger partial charge is 0.379 e. The quantitative estimate of drug-likeness (QED) is 0.173. The van der Waals surface area contributed by atoms with E-state index >= 15 is 0 Å². The zero-order chi connectivity index (χ0) is 29.4. The second-order valence-electron chi connectivity index (χ2n) is 10.1. The van der Waals surface area contributed by atoms with Crippen molar-refractivity contribution >= 4 is 16.9 Å². The molecule has 1 atom stereocenters. The van der Waals surface area contributed by atoms with Gasteiger partial charge in [-0.3, -0.25) is 0 Å². The molecule has 1 aliphatic heterocycles. The van der Waals surface area contributed by atoms with Crippen LogP contribution in [0.1, 0.15) is 44.3 Å². The van der Waals surface area contributed by atoms with Crippen LogP contribution in [-0.2, 0) is 6.61 Å². The van der Waals surface area contributed by atoms with E-state index in [0.717, 1.165) is 22.1 Å². The Kier molecular flexibility index (Phi) is 6.85. The number of carbonyl (C=O) groups is 1. The minimum absolute atomic E-state index is 0.0291. The fraction of sp³-hybridized carbons (Fsp3) is 0.118. The van der Waals surface area contributed by atoms with Gasteiger partial charge in [0.1, 0.15) is 46.9 Å². The molecular weight excluding hydrogens is 535 g/mol. The van der Waals surface area contributed by atoms with Gasteiger partial charge >= 0.3 is 5.97 Å². The molecule has 1 aromatic heterocycles. The predicted molar refractivity (Wildman–Crippen MR) is 154 cm³/mol. The van der Waals surface area contributed by atoms with E-state index in [1.54, 1.807) is 42.5 Å². The Morgan fingerprint density at radius 2 is 1.71 bits per heavy atom. The first kappa shape index (κ1) is 26.7. The van der Waals surface area contributed by atoms with Crippen molar-refractivity contribution in [2.75, 3.05) is 0 Å². The highest BCUT2D eigenvalue weighted by atomic mass is 19.1. The Bertz CT molecular complexity index is 1900. The van der Waals surface area contributed by atoms with Crippen molar-refractivity contribution in [3.8, 4) is 23.3 Å². The molecule has 0 amide bonds. The van der Waals surface area contributed by atoms with Crippen LogP contribution in [0.4, 0.5) is 4.39 Å². The molecule has 8 heteroatoms. The van der Waals surface area contributed by atoms with Crippen molar-refractivity contribution in [2.45, 2.75) is 26.4 Å². The number of benzene rings is 4. The maximum atomic E-state index is 13.2. The molecule has 0 spiro atoms. The highest BCUT2D eigenvalue weighted by molar-refractivity contribution is 5.97. The number of nitriles is 1. The van der Waals surface area contributed by atoms with Crippen LogP contribution in [0, 0.1) is 31.0 Å². The summed E-state index contributed by atoms with van der Waals surface area (Å²) in [6.45, 7) is 4.04. The van der Waals surface area contributed by atoms with Crippen LogP contribution in [0.15, 0.2) is 101 Å². The van der Waals surface area contributed by atoms with Crippen molar-refractivity contribution in [1.29, 1.82) is 5.26 Å². The van der Waals surface area contributed by atoms with E-state index < -0.39 is 11.9 Å². The van der Waals surface area contributed by atoms with Gasteiger partial charge in [-0.25, -0.2) is 9.18 Å². The van der Waals surface area contributed by atoms with Crippen LogP contribution in [0.3, 0.4) is 0 Å². The van der Waals surface area contributed by atoms with Crippen molar-refractivity contribution in [1.82, 2.24) is 0 Å². The minimum Gasteiger partial charge on any atom is -0.489 e. The number of hydrogen-bond acceptors (Lipinski definition) is 7. The number of carbonyl (C=O) groups excluding carboxylic acids is 1. The first-order valence-electron chi connectivity index (χ1n) is 13.2. The molecule has 0 saturated heterocycles. The molecular formula is C34H25FN2O5. The molecule has 208 valence electrons. The van der Waals surface area contributed by atoms with Crippen molar-refractivity contribution < 1.29 is 27.8 Å². The van der Waals surface area contributed by atoms with Crippen molar-refractivity contribution in [2.24, 2.45) is 5.73 Å². The van der Waals surface area contributed by atoms with E-state index in [9.17, 15) is 14.4 Å². The van der Waals surface area contributed by atoms with E-state index in [2.05, 4.69) is 6.07 Å². The average Bonchev–Trinajstić information content (AvgIpc) is 3.31. The number of fused-ring (bicyclic) bond motifs is 2. The van der Waals surface area contributed by atoms with E-state index in [-0.39, 0.29) is 35.4 Å². The molecule has 1 unspecified atom stereocenters. The van der Waals surface area contributed by atoms with E-state index in [1.807, 2.05) is 44.2 Å². The van der Waals surface area contributed by atoms with E-state index in [4.69, 9.17) is 24.4 Å². The van der Waals surface area contributed by atoms with E-state index in [1.165, 1.54) is 12.1 Å². The molecule has 0 radical (unpaired) electrons. The number of hydrogen-bond donors (Lipinski definition) is 1. The van der Waals surface area contributed by atoms with Crippen molar-refractivity contribution in [3.05, 3.63) is 136 Å². The van der Waals surface area contributed by atoms with Gasteiger partial charge < -0.3 is 24.4 Å².